The van der Waals surface area contributed by atoms with Crippen LogP contribution < -0.4 is 5.32 Å². The minimum atomic E-state index is -0.415. The molecule has 20 heavy (non-hydrogen) atoms. The van der Waals surface area contributed by atoms with Crippen molar-refractivity contribution in [3.05, 3.63) is 22.4 Å². The molecule has 0 spiro atoms. The molecule has 2 rings (SSSR count). The number of ether oxygens (including phenoxy) is 1. The Morgan fingerprint density at radius 2 is 2.35 bits per heavy atom. The highest BCUT2D eigenvalue weighted by molar-refractivity contribution is 7.09. The Kier molecular flexibility index (Phi) is 5.05. The van der Waals surface area contributed by atoms with Gasteiger partial charge in [-0.15, -0.1) is 11.3 Å². The summed E-state index contributed by atoms with van der Waals surface area (Å²) in [5, 5.41) is 5.63. The Labute approximate surface area is 125 Å². The maximum atomic E-state index is 11.9. The second-order valence-electron chi connectivity index (χ2n) is 6.20. The fraction of sp³-hybridized carbons (Fsp3) is 0.667. The number of nitrogens with one attached hydrogen (secondary N) is 1. The van der Waals surface area contributed by atoms with E-state index in [-0.39, 0.29) is 6.09 Å². The Morgan fingerprint density at radius 1 is 1.55 bits per heavy atom. The number of likely N-dealkylation sites (tertiary alicyclic amines) is 1. The summed E-state index contributed by atoms with van der Waals surface area (Å²) < 4.78 is 5.39. The van der Waals surface area contributed by atoms with Gasteiger partial charge >= 0.3 is 6.09 Å². The van der Waals surface area contributed by atoms with Gasteiger partial charge in [0, 0.05) is 30.6 Å². The van der Waals surface area contributed by atoms with Crippen LogP contribution in [0.25, 0.3) is 0 Å². The maximum Gasteiger partial charge on any atom is 0.410 e. The standard InChI is InChI=1S/C15H24N2O2S/c1-15(2,3)19-14(18)17-9-7-12(11-17)16-8-6-13-5-4-10-20-13/h4-5,10,12,16H,6-9,11H2,1-3H3. The molecule has 0 saturated carbocycles. The Hall–Kier alpha value is -1.07. The molecule has 5 heteroatoms. The molecule has 1 aromatic heterocycles. The van der Waals surface area contributed by atoms with Gasteiger partial charge in [0.05, 0.1) is 0 Å². The summed E-state index contributed by atoms with van der Waals surface area (Å²) >= 11 is 1.79. The molecule has 1 N–H and O–H groups in total. The van der Waals surface area contributed by atoms with Crippen LogP contribution >= 0.6 is 11.3 Å². The van der Waals surface area contributed by atoms with E-state index in [2.05, 4.69) is 22.8 Å². The predicted octanol–water partition coefficient (Wildman–Crippen LogP) is 2.89. The molecule has 1 fully saturated rings. The minimum absolute atomic E-state index is 0.194. The van der Waals surface area contributed by atoms with Gasteiger partial charge in [-0.25, -0.2) is 4.79 Å². The second-order valence-corrected chi connectivity index (χ2v) is 7.23. The molecule has 1 saturated heterocycles. The molecule has 1 atom stereocenters. The number of hydrogen-bond acceptors (Lipinski definition) is 4. The number of carbonyl (C=O) groups is 1. The minimum Gasteiger partial charge on any atom is -0.444 e. The molecule has 112 valence electrons. The lowest BCUT2D eigenvalue weighted by Crippen LogP contribution is -2.38. The molecule has 0 aromatic carbocycles. The lowest BCUT2D eigenvalue weighted by Gasteiger charge is -2.24. The van der Waals surface area contributed by atoms with Gasteiger partial charge in [-0.1, -0.05) is 6.07 Å². The quantitative estimate of drug-likeness (QED) is 0.929. The third-order valence-corrected chi connectivity index (χ3v) is 4.16. The molecule has 1 aliphatic rings. The van der Waals surface area contributed by atoms with E-state index in [4.69, 9.17) is 4.74 Å². The van der Waals surface area contributed by atoms with Crippen molar-refractivity contribution in [3.63, 3.8) is 0 Å². The van der Waals surface area contributed by atoms with Gasteiger partial charge in [0.2, 0.25) is 0 Å². The topological polar surface area (TPSA) is 41.6 Å². The van der Waals surface area contributed by atoms with Gasteiger partial charge in [0.1, 0.15) is 5.60 Å². The van der Waals surface area contributed by atoms with E-state index in [9.17, 15) is 4.79 Å². The van der Waals surface area contributed by atoms with Crippen LogP contribution in [0.5, 0.6) is 0 Å². The first-order valence-corrected chi connectivity index (χ1v) is 8.06. The van der Waals surface area contributed by atoms with Crippen molar-refractivity contribution in [2.75, 3.05) is 19.6 Å². The number of nitrogens with zero attached hydrogens (tertiary/aromatic N) is 1. The van der Waals surface area contributed by atoms with Crippen molar-refractivity contribution in [1.29, 1.82) is 0 Å². The van der Waals surface area contributed by atoms with Gasteiger partial charge in [0.25, 0.3) is 0 Å². The molecule has 0 bridgehead atoms. The summed E-state index contributed by atoms with van der Waals surface area (Å²) in [6.45, 7) is 8.20. The fourth-order valence-corrected chi connectivity index (χ4v) is 2.98. The average molecular weight is 296 g/mol. The zero-order chi connectivity index (χ0) is 14.6. The number of thiophene rings is 1. The number of hydrogen-bond donors (Lipinski definition) is 1. The molecule has 1 aliphatic heterocycles. The second kappa shape index (κ2) is 6.59. The maximum absolute atomic E-state index is 11.9. The van der Waals surface area contributed by atoms with Gasteiger partial charge in [-0.2, -0.15) is 0 Å². The number of rotatable bonds is 4. The molecular weight excluding hydrogens is 272 g/mol. The molecule has 1 unspecified atom stereocenters. The van der Waals surface area contributed by atoms with E-state index in [0.717, 1.165) is 32.5 Å². The van der Waals surface area contributed by atoms with Gasteiger partial charge in [0.15, 0.2) is 0 Å². The van der Waals surface area contributed by atoms with E-state index < -0.39 is 5.60 Å². The fourth-order valence-electron chi connectivity index (χ4n) is 2.27. The lowest BCUT2D eigenvalue weighted by molar-refractivity contribution is 0.0291. The summed E-state index contributed by atoms with van der Waals surface area (Å²) in [5.41, 5.74) is -0.415. The van der Waals surface area contributed by atoms with Crippen LogP contribution in [0.3, 0.4) is 0 Å². The highest BCUT2D eigenvalue weighted by Crippen LogP contribution is 2.15. The first-order valence-electron chi connectivity index (χ1n) is 7.18. The van der Waals surface area contributed by atoms with Crippen LogP contribution in [-0.4, -0.2) is 42.3 Å². The molecule has 1 aromatic rings. The van der Waals surface area contributed by atoms with E-state index in [1.165, 1.54) is 4.88 Å². The van der Waals surface area contributed by atoms with Crippen LogP contribution in [-0.2, 0) is 11.2 Å². The first kappa shape index (κ1) is 15.3. The van der Waals surface area contributed by atoms with E-state index >= 15 is 0 Å². The molecule has 1 amide bonds. The van der Waals surface area contributed by atoms with E-state index in [1.54, 1.807) is 16.2 Å². The first-order chi connectivity index (χ1) is 9.44. The van der Waals surface area contributed by atoms with Gasteiger partial charge in [-0.3, -0.25) is 0 Å². The molecule has 4 nitrogen and oxygen atoms in total. The molecule has 0 radical (unpaired) electrons. The molecule has 0 aliphatic carbocycles. The van der Waals surface area contributed by atoms with Crippen LogP contribution in [0.15, 0.2) is 17.5 Å². The summed E-state index contributed by atoms with van der Waals surface area (Å²) in [7, 11) is 0. The summed E-state index contributed by atoms with van der Waals surface area (Å²) in [6, 6.07) is 4.64. The number of amides is 1. The van der Waals surface area contributed by atoms with E-state index in [0.29, 0.717) is 6.04 Å². The average Bonchev–Trinajstić information content (AvgIpc) is 2.97. The van der Waals surface area contributed by atoms with Crippen LogP contribution in [0.1, 0.15) is 32.1 Å². The van der Waals surface area contributed by atoms with Crippen molar-refractivity contribution in [2.45, 2.75) is 45.3 Å². The Balaban J connectivity index is 1.68. The van der Waals surface area contributed by atoms with Crippen molar-refractivity contribution in [1.82, 2.24) is 10.2 Å². The monoisotopic (exact) mass is 296 g/mol. The van der Waals surface area contributed by atoms with Crippen LogP contribution in [0.4, 0.5) is 4.79 Å². The molecular formula is C15H24N2O2S. The lowest BCUT2D eigenvalue weighted by atomic mass is 10.2. The van der Waals surface area contributed by atoms with Crippen molar-refractivity contribution in [3.8, 4) is 0 Å². The number of carbonyl (C=O) groups excluding carboxylic acids is 1. The van der Waals surface area contributed by atoms with Gasteiger partial charge in [-0.05, 0) is 45.1 Å². The van der Waals surface area contributed by atoms with Crippen LogP contribution in [0, 0.1) is 0 Å². The zero-order valence-electron chi connectivity index (χ0n) is 12.5. The summed E-state index contributed by atoms with van der Waals surface area (Å²) in [4.78, 5) is 15.1. The van der Waals surface area contributed by atoms with Gasteiger partial charge < -0.3 is 15.0 Å². The third kappa shape index (κ3) is 4.80. The van der Waals surface area contributed by atoms with Crippen molar-refractivity contribution in [2.24, 2.45) is 0 Å². The zero-order valence-corrected chi connectivity index (χ0v) is 13.3. The van der Waals surface area contributed by atoms with Crippen LogP contribution in [0.2, 0.25) is 0 Å². The molecule has 2 heterocycles. The highest BCUT2D eigenvalue weighted by Gasteiger charge is 2.29. The Morgan fingerprint density at radius 3 is 3.00 bits per heavy atom. The van der Waals surface area contributed by atoms with Crippen molar-refractivity contribution >= 4 is 17.4 Å². The normalized spacial score (nSPS) is 19.4. The van der Waals surface area contributed by atoms with E-state index in [1.807, 2.05) is 20.8 Å². The largest absolute Gasteiger partial charge is 0.444 e. The van der Waals surface area contributed by atoms with Crippen molar-refractivity contribution < 1.29 is 9.53 Å². The SMILES string of the molecule is CC(C)(C)OC(=O)N1CCC(NCCc2cccs2)C1. The Bertz CT molecular complexity index is 426. The summed E-state index contributed by atoms with van der Waals surface area (Å²) in [6.07, 6.45) is 1.87. The third-order valence-electron chi connectivity index (χ3n) is 3.22. The smallest absolute Gasteiger partial charge is 0.410 e. The summed E-state index contributed by atoms with van der Waals surface area (Å²) in [5.74, 6) is 0. The highest BCUT2D eigenvalue weighted by atomic mass is 32.1. The predicted molar refractivity (Wildman–Crippen MR) is 82.2 cm³/mol.